The first-order valence-corrected chi connectivity index (χ1v) is 13.7. The molecule has 2 aromatic rings. The van der Waals surface area contributed by atoms with Gasteiger partial charge in [-0.25, -0.2) is 0 Å². The number of carbonyl (C=O) groups excluding carboxylic acids is 2. The number of hydrogen-bond acceptors (Lipinski definition) is 5. The lowest BCUT2D eigenvalue weighted by Gasteiger charge is -2.49. The van der Waals surface area contributed by atoms with Crippen LogP contribution in [0.15, 0.2) is 42.5 Å². The molecule has 2 amide bonds. The number of β-amino-alcohol motifs (C(OH)–C–C–N with tert-alkyl or cyclic N) is 1. The lowest BCUT2D eigenvalue weighted by atomic mass is 9.76. The number of aliphatic hydroxyl groups excluding tert-OH is 1. The summed E-state index contributed by atoms with van der Waals surface area (Å²) in [6, 6.07) is 13.8. The van der Waals surface area contributed by atoms with Gasteiger partial charge in [0.2, 0.25) is 0 Å². The maximum absolute atomic E-state index is 13.5. The van der Waals surface area contributed by atoms with Crippen molar-refractivity contribution in [3.8, 4) is 0 Å². The van der Waals surface area contributed by atoms with Gasteiger partial charge in [-0.1, -0.05) is 38.1 Å². The van der Waals surface area contributed by atoms with Gasteiger partial charge >= 0.3 is 0 Å². The minimum absolute atomic E-state index is 0. The molecule has 8 heteroatoms. The van der Waals surface area contributed by atoms with Crippen molar-refractivity contribution in [1.82, 2.24) is 20.4 Å². The second-order valence-electron chi connectivity index (χ2n) is 12.1. The largest absolute Gasteiger partial charge is 0.390 e. The first kappa shape index (κ1) is 27.1. The van der Waals surface area contributed by atoms with E-state index in [1.54, 1.807) is 11.0 Å². The zero-order valence-electron chi connectivity index (χ0n) is 22.3. The molecule has 204 valence electrons. The molecule has 4 aliphatic heterocycles. The second kappa shape index (κ2) is 10.3. The number of carbonyl (C=O) groups is 2. The summed E-state index contributed by atoms with van der Waals surface area (Å²) < 4.78 is 0. The number of nitrogens with zero attached hydrogens (tertiary/aromatic N) is 2. The van der Waals surface area contributed by atoms with Crippen LogP contribution >= 0.6 is 12.4 Å². The highest BCUT2D eigenvalue weighted by Crippen LogP contribution is 2.36. The van der Waals surface area contributed by atoms with E-state index in [4.69, 9.17) is 0 Å². The minimum atomic E-state index is -0.664. The van der Waals surface area contributed by atoms with Gasteiger partial charge in [0.25, 0.3) is 11.8 Å². The fourth-order valence-corrected chi connectivity index (χ4v) is 6.71. The van der Waals surface area contributed by atoms with E-state index in [-0.39, 0.29) is 47.8 Å². The number of fused-ring (bicyclic) bond motifs is 2. The zero-order chi connectivity index (χ0) is 25.8. The highest BCUT2D eigenvalue weighted by atomic mass is 35.5. The zero-order valence-corrected chi connectivity index (χ0v) is 23.2. The number of rotatable bonds is 4. The van der Waals surface area contributed by atoms with Crippen LogP contribution in [0.25, 0.3) is 0 Å². The number of nitrogens with one attached hydrogen (secondary N) is 2. The smallest absolute Gasteiger partial charge is 0.254 e. The fourth-order valence-electron chi connectivity index (χ4n) is 6.71. The van der Waals surface area contributed by atoms with E-state index in [0.29, 0.717) is 17.7 Å². The molecule has 0 unspecified atom stereocenters. The summed E-state index contributed by atoms with van der Waals surface area (Å²) >= 11 is 0. The highest BCUT2D eigenvalue weighted by Gasteiger charge is 2.41. The molecule has 38 heavy (non-hydrogen) atoms. The molecule has 7 nitrogen and oxygen atoms in total. The third-order valence-electron chi connectivity index (χ3n) is 9.20. The van der Waals surface area contributed by atoms with Gasteiger partial charge in [-0.3, -0.25) is 9.59 Å². The predicted molar refractivity (Wildman–Crippen MR) is 150 cm³/mol. The normalized spacial score (nSPS) is 24.1. The van der Waals surface area contributed by atoms with E-state index in [2.05, 4.69) is 36.6 Å². The summed E-state index contributed by atoms with van der Waals surface area (Å²) in [4.78, 5) is 30.6. The van der Waals surface area contributed by atoms with E-state index >= 15 is 0 Å². The van der Waals surface area contributed by atoms with Crippen LogP contribution in [0.4, 0.5) is 0 Å². The standard InChI is InChI=1S/C30H38N4O3.ClH/c1-29(2)19-34(18-26(35)25-16-20-5-3-4-6-22(20)17-31-25)28(37)23-8-7-21(15-24(23)29)27(36)33-13-10-30(11-14-33)9-12-32-30;/h3-8,15,25-26,31-32,35H,9-14,16-19H2,1-2H3;1H/t25-,26+;/m0./s1. The van der Waals surface area contributed by atoms with Crippen LogP contribution in [-0.2, 0) is 18.4 Å². The first-order valence-electron chi connectivity index (χ1n) is 13.7. The number of piperidine rings is 1. The molecule has 1 spiro atoms. The molecule has 0 saturated carbocycles. The van der Waals surface area contributed by atoms with Gasteiger partial charge in [-0.2, -0.15) is 0 Å². The molecule has 4 heterocycles. The van der Waals surface area contributed by atoms with Gasteiger partial charge in [0.05, 0.1) is 6.10 Å². The second-order valence-corrected chi connectivity index (χ2v) is 12.1. The Morgan fingerprint density at radius 2 is 1.82 bits per heavy atom. The number of halogens is 1. The van der Waals surface area contributed by atoms with Crippen LogP contribution in [0.3, 0.4) is 0 Å². The molecule has 0 aromatic heterocycles. The van der Waals surface area contributed by atoms with Gasteiger partial charge < -0.3 is 25.5 Å². The lowest BCUT2D eigenvalue weighted by molar-refractivity contribution is 0.0443. The van der Waals surface area contributed by atoms with Gasteiger partial charge in [0.1, 0.15) is 0 Å². The summed E-state index contributed by atoms with van der Waals surface area (Å²) in [5.74, 6) is -0.0127. The molecule has 3 N–H and O–H groups in total. The number of hydrogen-bond donors (Lipinski definition) is 3. The lowest BCUT2D eigenvalue weighted by Crippen LogP contribution is -2.62. The van der Waals surface area contributed by atoms with E-state index in [1.807, 2.05) is 29.2 Å². The fraction of sp³-hybridized carbons (Fsp3) is 0.533. The quantitative estimate of drug-likeness (QED) is 0.557. The highest BCUT2D eigenvalue weighted by molar-refractivity contribution is 6.00. The molecule has 2 saturated heterocycles. The molecule has 2 fully saturated rings. The average molecular weight is 539 g/mol. The van der Waals surface area contributed by atoms with E-state index in [0.717, 1.165) is 51.0 Å². The Hall–Kier alpha value is -2.45. The Kier molecular flexibility index (Phi) is 7.33. The molecule has 6 rings (SSSR count). The summed E-state index contributed by atoms with van der Waals surface area (Å²) in [6.07, 6.45) is 3.31. The van der Waals surface area contributed by atoms with Crippen LogP contribution in [0, 0.1) is 0 Å². The number of aliphatic hydroxyl groups is 1. The molecular weight excluding hydrogens is 500 g/mol. The summed E-state index contributed by atoms with van der Waals surface area (Å²) in [6.45, 7) is 8.39. The Bertz CT molecular complexity index is 1220. The molecule has 0 aliphatic carbocycles. The third-order valence-corrected chi connectivity index (χ3v) is 9.20. The van der Waals surface area contributed by atoms with Crippen LogP contribution in [0.1, 0.15) is 70.5 Å². The Morgan fingerprint density at radius 3 is 2.50 bits per heavy atom. The van der Waals surface area contributed by atoms with Crippen LogP contribution in [0.2, 0.25) is 0 Å². The molecule has 4 aliphatic rings. The minimum Gasteiger partial charge on any atom is -0.390 e. The van der Waals surface area contributed by atoms with Crippen molar-refractivity contribution >= 4 is 24.2 Å². The maximum Gasteiger partial charge on any atom is 0.254 e. The number of amides is 2. The first-order chi connectivity index (χ1) is 17.7. The van der Waals surface area contributed by atoms with Gasteiger partial charge in [-0.05, 0) is 67.1 Å². The molecule has 2 aromatic carbocycles. The monoisotopic (exact) mass is 538 g/mol. The third kappa shape index (κ3) is 4.86. The molecule has 0 bridgehead atoms. The van der Waals surface area contributed by atoms with Gasteiger partial charge in [-0.15, -0.1) is 12.4 Å². The number of benzene rings is 2. The Balaban J connectivity index is 0.00000294. The van der Waals surface area contributed by atoms with Crippen molar-refractivity contribution in [3.05, 3.63) is 70.3 Å². The summed E-state index contributed by atoms with van der Waals surface area (Å²) in [7, 11) is 0. The van der Waals surface area contributed by atoms with Crippen molar-refractivity contribution in [2.75, 3.05) is 32.7 Å². The van der Waals surface area contributed by atoms with E-state index in [1.165, 1.54) is 17.5 Å². The van der Waals surface area contributed by atoms with Crippen LogP contribution < -0.4 is 10.6 Å². The Labute approximate surface area is 231 Å². The topological polar surface area (TPSA) is 84.9 Å². The average Bonchev–Trinajstić information content (AvgIpc) is 2.89. The molecule has 0 radical (unpaired) electrons. The Morgan fingerprint density at radius 1 is 1.11 bits per heavy atom. The molecule has 2 atom stereocenters. The SMILES string of the molecule is CC1(C)CN(C[C@@H](O)[C@@H]2Cc3ccccc3CN2)C(=O)c2ccc(C(=O)N3CCC4(CCN4)CC3)cc21.Cl. The summed E-state index contributed by atoms with van der Waals surface area (Å²) in [5, 5.41) is 18.1. The van der Waals surface area contributed by atoms with Crippen LogP contribution in [0.5, 0.6) is 0 Å². The van der Waals surface area contributed by atoms with Crippen molar-refractivity contribution in [2.24, 2.45) is 0 Å². The van der Waals surface area contributed by atoms with Gasteiger partial charge in [0.15, 0.2) is 0 Å². The van der Waals surface area contributed by atoms with Crippen molar-refractivity contribution in [2.45, 2.75) is 69.2 Å². The van der Waals surface area contributed by atoms with E-state index in [9.17, 15) is 14.7 Å². The maximum atomic E-state index is 13.5. The summed E-state index contributed by atoms with van der Waals surface area (Å²) in [5.41, 5.74) is 4.68. The van der Waals surface area contributed by atoms with Crippen molar-refractivity contribution < 1.29 is 14.7 Å². The molecular formula is C30H39ClN4O3. The van der Waals surface area contributed by atoms with E-state index < -0.39 is 6.10 Å². The van der Waals surface area contributed by atoms with Crippen LogP contribution in [-0.4, -0.2) is 77.1 Å². The van der Waals surface area contributed by atoms with Crippen molar-refractivity contribution in [3.63, 3.8) is 0 Å². The predicted octanol–water partition coefficient (Wildman–Crippen LogP) is 2.89. The van der Waals surface area contributed by atoms with Crippen molar-refractivity contribution in [1.29, 1.82) is 0 Å². The number of likely N-dealkylation sites (tertiary alicyclic amines) is 1. The van der Waals surface area contributed by atoms with Gasteiger partial charge in [0, 0.05) is 60.8 Å².